The minimum atomic E-state index is -4.30. The highest BCUT2D eigenvalue weighted by molar-refractivity contribution is 8.07. The molecule has 4 aliphatic rings. The minimum Gasteiger partial charge on any atom is -0.382 e. The van der Waals surface area contributed by atoms with Crippen molar-refractivity contribution in [2.75, 3.05) is 31.3 Å². The number of rotatable bonds is 2. The first-order valence-corrected chi connectivity index (χ1v) is 18.6. The zero-order chi connectivity index (χ0) is 32.2. The molecule has 0 saturated carbocycles. The van der Waals surface area contributed by atoms with Gasteiger partial charge in [0, 0.05) is 0 Å². The molecule has 0 aromatic carbocycles. The Labute approximate surface area is 265 Å². The van der Waals surface area contributed by atoms with Gasteiger partial charge in [-0.2, -0.15) is 4.98 Å². The first-order valence-electron chi connectivity index (χ1n) is 13.4. The third kappa shape index (κ3) is 4.89. The molecule has 0 amide bonds. The van der Waals surface area contributed by atoms with E-state index in [1.165, 1.54) is 17.2 Å². The predicted octanol–water partition coefficient (Wildman–Crippen LogP) is -0.723. The fourth-order valence-electron chi connectivity index (χ4n) is 5.94. The SMILES string of the molecule is Nc1nc2c(ncn2[C@@H]2O[C@@H]3COP(O)(=S)O[C@H]4[C@H]5OCC4(COP(O)(=S)O[C@@H]2[C@H]3F)O[C@H]5n2cnc3c(N)ncnc32)c(=O)[nH]1. The average molecular weight is 721 g/mol. The largest absolute Gasteiger partial charge is 0.382 e. The van der Waals surface area contributed by atoms with Gasteiger partial charge in [0.2, 0.25) is 5.95 Å². The number of ether oxygens (including phenoxy) is 3. The van der Waals surface area contributed by atoms with Gasteiger partial charge in [-0.3, -0.25) is 28.0 Å². The van der Waals surface area contributed by atoms with E-state index in [0.29, 0.717) is 11.2 Å². The topological polar surface area (TPSA) is 264 Å². The highest BCUT2D eigenvalue weighted by Gasteiger charge is 2.65. The summed E-state index contributed by atoms with van der Waals surface area (Å²) in [5.41, 5.74) is 9.96. The quantitative estimate of drug-likeness (QED) is 0.160. The van der Waals surface area contributed by atoms with E-state index in [2.05, 4.69) is 29.9 Å². The van der Waals surface area contributed by atoms with Gasteiger partial charge in [0.15, 0.2) is 41.3 Å². The van der Waals surface area contributed by atoms with Gasteiger partial charge in [-0.1, -0.05) is 0 Å². The van der Waals surface area contributed by atoms with Crippen LogP contribution in [0.15, 0.2) is 23.8 Å². The molecule has 7 N–H and O–H groups in total. The average Bonchev–Trinajstić information content (AvgIpc) is 3.80. The molecule has 10 atom stereocenters. The zero-order valence-electron chi connectivity index (χ0n) is 22.9. The number of nitrogen functional groups attached to an aromatic ring is 2. The lowest BCUT2D eigenvalue weighted by Gasteiger charge is -2.33. The highest BCUT2D eigenvalue weighted by atomic mass is 32.5. The molecule has 4 aromatic rings. The smallest absolute Gasteiger partial charge is 0.325 e. The summed E-state index contributed by atoms with van der Waals surface area (Å²) >= 11 is 10.6. The van der Waals surface area contributed by atoms with Gasteiger partial charge in [0.05, 0.1) is 32.5 Å². The molecular weight excluding hydrogens is 697 g/mol. The van der Waals surface area contributed by atoms with Crippen molar-refractivity contribution in [2.45, 2.75) is 48.6 Å². The second-order valence-electron chi connectivity index (χ2n) is 10.8. The third-order valence-electron chi connectivity index (χ3n) is 8.00. The molecule has 4 saturated heterocycles. The summed E-state index contributed by atoms with van der Waals surface area (Å²) < 4.78 is 60.0. The Bertz CT molecular complexity index is 2040. The molecule has 25 heteroatoms. The van der Waals surface area contributed by atoms with E-state index < -0.39 is 80.9 Å². The number of H-pyrrole nitrogens is 1. The van der Waals surface area contributed by atoms with Crippen molar-refractivity contribution in [1.29, 1.82) is 0 Å². The van der Waals surface area contributed by atoms with Crippen LogP contribution < -0.4 is 17.0 Å². The summed E-state index contributed by atoms with van der Waals surface area (Å²) in [7, 11) is 0. The van der Waals surface area contributed by atoms with Crippen molar-refractivity contribution < 1.29 is 46.5 Å². The van der Waals surface area contributed by atoms with Crippen molar-refractivity contribution >= 4 is 71.1 Å². The van der Waals surface area contributed by atoms with Crippen LogP contribution in [-0.4, -0.2) is 105 Å². The van der Waals surface area contributed by atoms with E-state index >= 15 is 4.39 Å². The van der Waals surface area contributed by atoms with Crippen LogP contribution in [0.4, 0.5) is 16.2 Å². The Morgan fingerprint density at radius 1 is 0.978 bits per heavy atom. The van der Waals surface area contributed by atoms with Gasteiger partial charge in [0.1, 0.15) is 41.9 Å². The van der Waals surface area contributed by atoms with E-state index in [-0.39, 0.29) is 29.5 Å². The van der Waals surface area contributed by atoms with Crippen LogP contribution in [0.2, 0.25) is 0 Å². The van der Waals surface area contributed by atoms with Crippen LogP contribution in [0, 0.1) is 0 Å². The van der Waals surface area contributed by atoms with Crippen molar-refractivity contribution in [1.82, 2.24) is 39.0 Å². The number of anilines is 2. The summed E-state index contributed by atoms with van der Waals surface area (Å²) in [5.74, 6) is -0.0933. The zero-order valence-corrected chi connectivity index (χ0v) is 26.4. The highest BCUT2D eigenvalue weighted by Crippen LogP contribution is 2.58. The third-order valence-corrected chi connectivity index (χ3v) is 11.1. The van der Waals surface area contributed by atoms with Crippen LogP contribution in [0.5, 0.6) is 0 Å². The van der Waals surface area contributed by atoms with Gasteiger partial charge in [-0.05, 0) is 23.6 Å². The van der Waals surface area contributed by atoms with Crippen LogP contribution in [-0.2, 0) is 55.9 Å². The molecule has 20 nitrogen and oxygen atoms in total. The maximum absolute atomic E-state index is 16.0. The van der Waals surface area contributed by atoms with E-state index in [9.17, 15) is 14.6 Å². The molecule has 4 fully saturated rings. The number of nitrogens with two attached hydrogens (primary N) is 2. The van der Waals surface area contributed by atoms with Crippen molar-refractivity contribution in [2.24, 2.45) is 0 Å². The summed E-state index contributed by atoms with van der Waals surface area (Å²) in [5, 5.41) is 0. The normalized spacial score (nSPS) is 39.7. The Balaban J connectivity index is 1.14. The number of alkyl halides is 1. The molecule has 4 aromatic heterocycles. The Morgan fingerprint density at radius 2 is 1.72 bits per heavy atom. The lowest BCUT2D eigenvalue weighted by atomic mass is 10.0. The fourth-order valence-corrected chi connectivity index (χ4v) is 8.83. The molecule has 4 aliphatic heterocycles. The molecule has 0 spiro atoms. The summed E-state index contributed by atoms with van der Waals surface area (Å²) in [6, 6.07) is 0. The summed E-state index contributed by atoms with van der Waals surface area (Å²) in [4.78, 5) is 57.6. The molecule has 0 aliphatic carbocycles. The molecule has 8 heterocycles. The van der Waals surface area contributed by atoms with Crippen LogP contribution >= 0.6 is 13.4 Å². The lowest BCUT2D eigenvalue weighted by Crippen LogP contribution is -2.45. The monoisotopic (exact) mass is 720 g/mol. The molecular formula is C21H23FN10O10P2S2. The number of hydrogen-bond donors (Lipinski definition) is 5. The number of aromatic nitrogens is 8. The van der Waals surface area contributed by atoms with Gasteiger partial charge in [0.25, 0.3) is 5.56 Å². The Morgan fingerprint density at radius 3 is 2.52 bits per heavy atom. The molecule has 0 radical (unpaired) electrons. The minimum absolute atomic E-state index is 0.0576. The molecule has 3 unspecified atom stereocenters. The molecule has 4 bridgehead atoms. The van der Waals surface area contributed by atoms with E-state index in [0.717, 1.165) is 6.33 Å². The number of hydrogen-bond acceptors (Lipinski definition) is 17. The first kappa shape index (κ1) is 30.7. The van der Waals surface area contributed by atoms with Gasteiger partial charge >= 0.3 is 13.4 Å². The number of imidazole rings is 2. The second kappa shape index (κ2) is 10.7. The van der Waals surface area contributed by atoms with Crippen LogP contribution in [0.3, 0.4) is 0 Å². The standard InChI is InChI=1S/C21H23FN10O10P2S2/c22-8-7-1-37-43(34,45)42-13-12-19(31-5-27-9-14(23)25-4-26-15(9)31)40-21(13,2-36-12)3-38-44(35,46)41-11(8)18(39-7)32-6-28-10-16(32)29-20(24)30-17(10)33/h4-8,11-13,18-19H,1-3H2,(H,34,45)(H,35,46)(H2,23,25,26)(H3,24,29,30,33)/t7-,8+,11-,12-,13+,18-,19-,21?,43?,44?/m1/s1. The lowest BCUT2D eigenvalue weighted by molar-refractivity contribution is -0.183. The number of halogens is 1. The molecule has 8 rings (SSSR count). The van der Waals surface area contributed by atoms with E-state index in [1.807, 2.05) is 0 Å². The Hall–Kier alpha value is -2.63. The predicted molar refractivity (Wildman–Crippen MR) is 158 cm³/mol. The maximum Gasteiger partial charge on any atom is 0.325 e. The van der Waals surface area contributed by atoms with Crippen molar-refractivity contribution in [3.05, 3.63) is 29.3 Å². The van der Waals surface area contributed by atoms with Crippen LogP contribution in [0.1, 0.15) is 12.5 Å². The molecule has 246 valence electrons. The maximum atomic E-state index is 16.0. The van der Waals surface area contributed by atoms with Gasteiger partial charge in [-0.25, -0.2) is 24.3 Å². The summed E-state index contributed by atoms with van der Waals surface area (Å²) in [6.45, 7) is -9.71. The van der Waals surface area contributed by atoms with Crippen molar-refractivity contribution in [3.63, 3.8) is 0 Å². The van der Waals surface area contributed by atoms with E-state index in [4.69, 9.17) is 67.4 Å². The van der Waals surface area contributed by atoms with Crippen molar-refractivity contribution in [3.8, 4) is 0 Å². The number of nitrogens with one attached hydrogen (secondary N) is 1. The number of fused-ring (bicyclic) bond motifs is 4. The van der Waals surface area contributed by atoms with E-state index in [1.54, 1.807) is 4.57 Å². The first-order chi connectivity index (χ1) is 21.8. The number of aromatic amines is 1. The fraction of sp³-hybridized carbons (Fsp3) is 0.524. The molecule has 46 heavy (non-hydrogen) atoms. The number of nitrogens with zero attached hydrogens (tertiary/aromatic N) is 7. The second-order valence-corrected chi connectivity index (χ2v) is 16.4. The Kier molecular flexibility index (Phi) is 7.13. The van der Waals surface area contributed by atoms with Crippen LogP contribution in [0.25, 0.3) is 22.3 Å². The van der Waals surface area contributed by atoms with Gasteiger partial charge < -0.3 is 44.5 Å². The summed E-state index contributed by atoms with van der Waals surface area (Å²) in [6.07, 6.45) is -5.63. The van der Waals surface area contributed by atoms with Gasteiger partial charge in [-0.15, -0.1) is 0 Å².